The van der Waals surface area contributed by atoms with Crippen LogP contribution in [0.3, 0.4) is 0 Å². The zero-order valence-corrected chi connectivity index (χ0v) is 18.2. The number of rotatable bonds is 4. The van der Waals surface area contributed by atoms with Crippen molar-refractivity contribution in [2.45, 2.75) is 54.1 Å². The molecule has 4 nitrogen and oxygen atoms in total. The zero-order valence-electron chi connectivity index (χ0n) is 18.2. The molecular formula is C22H32F3N3O. The molecule has 0 saturated carbocycles. The minimum atomic E-state index is -4.41. The lowest BCUT2D eigenvalue weighted by atomic mass is 10.1. The van der Waals surface area contributed by atoms with Gasteiger partial charge in [0.1, 0.15) is 5.75 Å². The highest BCUT2D eigenvalue weighted by atomic mass is 19.4. The highest BCUT2D eigenvalue weighted by molar-refractivity contribution is 5.36. The number of ether oxygens (including phenoxy) is 1. The lowest BCUT2D eigenvalue weighted by molar-refractivity contribution is -0.139. The Morgan fingerprint density at radius 2 is 1.62 bits per heavy atom. The molecule has 1 aromatic heterocycles. The van der Waals surface area contributed by atoms with Crippen LogP contribution >= 0.6 is 0 Å². The van der Waals surface area contributed by atoms with Crippen molar-refractivity contribution in [2.24, 2.45) is 5.92 Å². The number of para-hydroxylation sites is 1. The van der Waals surface area contributed by atoms with E-state index in [2.05, 4.69) is 14.9 Å². The second-order valence-electron chi connectivity index (χ2n) is 6.36. The van der Waals surface area contributed by atoms with E-state index in [0.29, 0.717) is 12.5 Å². The molecule has 0 bridgehead atoms. The zero-order chi connectivity index (χ0) is 22.0. The van der Waals surface area contributed by atoms with E-state index in [9.17, 15) is 13.2 Å². The fourth-order valence-electron chi connectivity index (χ4n) is 3.03. The van der Waals surface area contributed by atoms with Crippen LogP contribution in [-0.4, -0.2) is 29.7 Å². The third kappa shape index (κ3) is 7.22. The Kier molecular flexibility index (Phi) is 9.92. The van der Waals surface area contributed by atoms with E-state index in [-0.39, 0.29) is 18.3 Å². The normalized spacial score (nSPS) is 15.8. The molecule has 1 atom stereocenters. The molecule has 1 fully saturated rings. The van der Waals surface area contributed by atoms with Crippen molar-refractivity contribution in [3.8, 4) is 5.75 Å². The lowest BCUT2D eigenvalue weighted by Crippen LogP contribution is -2.24. The Hall–Kier alpha value is -2.31. The van der Waals surface area contributed by atoms with Crippen molar-refractivity contribution in [2.75, 3.05) is 24.6 Å². The number of aryl methyl sites for hydroxylation is 2. The fourth-order valence-corrected chi connectivity index (χ4v) is 3.03. The molecule has 0 spiro atoms. The summed E-state index contributed by atoms with van der Waals surface area (Å²) in [4.78, 5) is 10.9. The van der Waals surface area contributed by atoms with E-state index in [4.69, 9.17) is 4.74 Å². The SMILES string of the molecule is CC.CC.Cc1cc(C)nc(N2CCC(COc3ccccc3C(F)(F)F)C2)n1. The number of nitrogens with zero attached hydrogens (tertiary/aromatic N) is 3. The van der Waals surface area contributed by atoms with Crippen LogP contribution in [0, 0.1) is 19.8 Å². The Morgan fingerprint density at radius 1 is 1.03 bits per heavy atom. The van der Waals surface area contributed by atoms with Crippen molar-refractivity contribution < 1.29 is 17.9 Å². The Labute approximate surface area is 172 Å². The number of aromatic nitrogens is 2. The van der Waals surface area contributed by atoms with Crippen molar-refractivity contribution in [1.82, 2.24) is 9.97 Å². The predicted octanol–water partition coefficient (Wildman–Crippen LogP) is 6.07. The van der Waals surface area contributed by atoms with Gasteiger partial charge in [-0.3, -0.25) is 0 Å². The molecule has 0 radical (unpaired) electrons. The van der Waals surface area contributed by atoms with Crippen molar-refractivity contribution in [3.63, 3.8) is 0 Å². The minimum absolute atomic E-state index is 0.115. The summed E-state index contributed by atoms with van der Waals surface area (Å²) in [7, 11) is 0. The molecule has 3 rings (SSSR count). The molecule has 0 amide bonds. The van der Waals surface area contributed by atoms with Gasteiger partial charge in [-0.05, 0) is 38.5 Å². The van der Waals surface area contributed by atoms with E-state index in [1.54, 1.807) is 6.07 Å². The molecule has 2 aromatic rings. The summed E-state index contributed by atoms with van der Waals surface area (Å²) in [5.41, 5.74) is 1.07. The van der Waals surface area contributed by atoms with Crippen molar-refractivity contribution in [1.29, 1.82) is 0 Å². The summed E-state index contributed by atoms with van der Waals surface area (Å²) in [6.45, 7) is 13.5. The van der Waals surface area contributed by atoms with E-state index in [0.717, 1.165) is 30.4 Å². The average Bonchev–Trinajstić information content (AvgIpc) is 3.17. The summed E-state index contributed by atoms with van der Waals surface area (Å²) in [5.74, 6) is 0.706. The van der Waals surface area contributed by atoms with E-state index < -0.39 is 11.7 Å². The summed E-state index contributed by atoms with van der Waals surface area (Å²) < 4.78 is 44.5. The highest BCUT2D eigenvalue weighted by Crippen LogP contribution is 2.36. The molecule has 1 unspecified atom stereocenters. The third-order valence-corrected chi connectivity index (χ3v) is 4.21. The van der Waals surface area contributed by atoms with Crippen LogP contribution in [0.1, 0.15) is 51.1 Å². The molecular weight excluding hydrogens is 379 g/mol. The maximum Gasteiger partial charge on any atom is 0.419 e. The first-order valence-electron chi connectivity index (χ1n) is 10.2. The van der Waals surface area contributed by atoms with Crippen LogP contribution in [0.2, 0.25) is 0 Å². The summed E-state index contributed by atoms with van der Waals surface area (Å²) >= 11 is 0. The van der Waals surface area contributed by atoms with Gasteiger partial charge in [0.25, 0.3) is 0 Å². The van der Waals surface area contributed by atoms with Crippen LogP contribution in [0.15, 0.2) is 30.3 Å². The van der Waals surface area contributed by atoms with Gasteiger partial charge in [0.05, 0.1) is 12.2 Å². The van der Waals surface area contributed by atoms with Gasteiger partial charge in [0, 0.05) is 30.4 Å². The molecule has 7 heteroatoms. The first kappa shape index (κ1) is 24.7. The van der Waals surface area contributed by atoms with Crippen LogP contribution < -0.4 is 9.64 Å². The van der Waals surface area contributed by atoms with Crippen LogP contribution in [-0.2, 0) is 6.18 Å². The lowest BCUT2D eigenvalue weighted by Gasteiger charge is -2.18. The number of benzene rings is 1. The molecule has 29 heavy (non-hydrogen) atoms. The predicted molar refractivity (Wildman–Crippen MR) is 111 cm³/mol. The molecule has 0 N–H and O–H groups in total. The second kappa shape index (κ2) is 11.6. The summed E-state index contributed by atoms with van der Waals surface area (Å²) in [6.07, 6.45) is -3.57. The summed E-state index contributed by atoms with van der Waals surface area (Å²) in [6, 6.07) is 7.23. The van der Waals surface area contributed by atoms with E-state index in [1.807, 2.05) is 47.6 Å². The van der Waals surface area contributed by atoms with Gasteiger partial charge in [0.2, 0.25) is 5.95 Å². The van der Waals surface area contributed by atoms with E-state index in [1.165, 1.54) is 12.1 Å². The number of hydrogen-bond donors (Lipinski definition) is 0. The van der Waals surface area contributed by atoms with Gasteiger partial charge in [-0.2, -0.15) is 13.2 Å². The van der Waals surface area contributed by atoms with Gasteiger partial charge in [-0.25, -0.2) is 9.97 Å². The average molecular weight is 412 g/mol. The Balaban J connectivity index is 0.000000989. The van der Waals surface area contributed by atoms with Crippen molar-refractivity contribution >= 4 is 5.95 Å². The largest absolute Gasteiger partial charge is 0.493 e. The maximum atomic E-state index is 13.0. The standard InChI is InChI=1S/C18H20F3N3O.2C2H6/c1-12-9-13(2)23-17(22-12)24-8-7-14(10-24)11-25-16-6-4-3-5-15(16)18(19,20)21;2*1-2/h3-6,9,14H,7-8,10-11H2,1-2H3;2*1-2H3. The van der Waals surface area contributed by atoms with Gasteiger partial charge in [0.15, 0.2) is 0 Å². The quantitative estimate of drug-likeness (QED) is 0.612. The Morgan fingerprint density at radius 3 is 2.21 bits per heavy atom. The molecule has 1 aromatic carbocycles. The fraction of sp³-hybridized carbons (Fsp3) is 0.545. The monoisotopic (exact) mass is 411 g/mol. The van der Waals surface area contributed by atoms with Gasteiger partial charge < -0.3 is 9.64 Å². The summed E-state index contributed by atoms with van der Waals surface area (Å²) in [5, 5.41) is 0. The number of anilines is 1. The van der Waals surface area contributed by atoms with Crippen molar-refractivity contribution in [3.05, 3.63) is 47.3 Å². The third-order valence-electron chi connectivity index (χ3n) is 4.21. The second-order valence-corrected chi connectivity index (χ2v) is 6.36. The maximum absolute atomic E-state index is 13.0. The molecule has 162 valence electrons. The molecule has 1 saturated heterocycles. The number of alkyl halides is 3. The van der Waals surface area contributed by atoms with E-state index >= 15 is 0 Å². The number of halogens is 3. The van der Waals surface area contributed by atoms with Crippen LogP contribution in [0.5, 0.6) is 5.75 Å². The first-order chi connectivity index (χ1) is 13.8. The molecule has 1 aliphatic heterocycles. The van der Waals surface area contributed by atoms with Gasteiger partial charge in [-0.15, -0.1) is 0 Å². The molecule has 0 aliphatic carbocycles. The van der Waals surface area contributed by atoms with Gasteiger partial charge in [-0.1, -0.05) is 39.8 Å². The van der Waals surface area contributed by atoms with Gasteiger partial charge >= 0.3 is 6.18 Å². The number of hydrogen-bond acceptors (Lipinski definition) is 4. The topological polar surface area (TPSA) is 38.2 Å². The molecule has 1 aliphatic rings. The Bertz CT molecular complexity index is 730. The smallest absolute Gasteiger partial charge is 0.419 e. The van der Waals surface area contributed by atoms with Crippen LogP contribution in [0.4, 0.5) is 19.1 Å². The minimum Gasteiger partial charge on any atom is -0.493 e. The highest BCUT2D eigenvalue weighted by Gasteiger charge is 2.34. The van der Waals surface area contributed by atoms with Crippen LogP contribution in [0.25, 0.3) is 0 Å². The first-order valence-corrected chi connectivity index (χ1v) is 10.2. The molecule has 2 heterocycles.